The van der Waals surface area contributed by atoms with Gasteiger partial charge >= 0.3 is 0 Å². The van der Waals surface area contributed by atoms with Crippen LogP contribution >= 0.6 is 0 Å². The minimum Gasteiger partial charge on any atom is -0.495 e. The van der Waals surface area contributed by atoms with Crippen molar-refractivity contribution >= 4 is 12.0 Å². The highest BCUT2D eigenvalue weighted by atomic mass is 16.5. The first-order valence-corrected chi connectivity index (χ1v) is 11.5. The molecule has 2 aliphatic carbocycles. The number of amides is 1. The number of fused-ring (bicyclic) bond motifs is 1. The van der Waals surface area contributed by atoms with Gasteiger partial charge in [0.25, 0.3) is 0 Å². The average molecular weight is 444 g/mol. The predicted octanol–water partition coefficient (Wildman–Crippen LogP) is 4.15. The van der Waals surface area contributed by atoms with Crippen molar-refractivity contribution in [3.05, 3.63) is 82.9 Å². The van der Waals surface area contributed by atoms with Crippen LogP contribution in [0.25, 0.3) is 11.8 Å². The lowest BCUT2D eigenvalue weighted by molar-refractivity contribution is -0.119. The summed E-state index contributed by atoms with van der Waals surface area (Å²) >= 11 is 0. The quantitative estimate of drug-likeness (QED) is 0.538. The molecule has 1 amide bonds. The number of nitrogens with one attached hydrogen (secondary N) is 1. The topological polar surface area (TPSA) is 76.4 Å². The summed E-state index contributed by atoms with van der Waals surface area (Å²) in [6.07, 6.45) is 8.67. The minimum absolute atomic E-state index is 0.115. The Bertz CT molecular complexity index is 1210. The summed E-state index contributed by atoms with van der Waals surface area (Å²) in [6, 6.07) is 13.5. The van der Waals surface area contributed by atoms with Gasteiger partial charge in [-0.2, -0.15) is 0 Å². The first-order valence-electron chi connectivity index (χ1n) is 11.5. The highest BCUT2D eigenvalue weighted by Gasteiger charge is 2.33. The van der Waals surface area contributed by atoms with Gasteiger partial charge in [-0.1, -0.05) is 30.3 Å². The lowest BCUT2D eigenvalue weighted by atomic mass is 10.0. The molecule has 1 aromatic heterocycles. The second-order valence-corrected chi connectivity index (χ2v) is 9.09. The van der Waals surface area contributed by atoms with Crippen molar-refractivity contribution in [3.8, 4) is 11.4 Å². The van der Waals surface area contributed by atoms with E-state index in [1.165, 1.54) is 0 Å². The third-order valence-corrected chi connectivity index (χ3v) is 6.52. The SMILES string of the molecule is COc1cc(C=C(CC2CC2)C(=O)N[C@@H]2c3ccccc3C[C@@H]2O)ccc1-n1cnc(C)c1. The van der Waals surface area contributed by atoms with Crippen molar-refractivity contribution in [1.29, 1.82) is 0 Å². The van der Waals surface area contributed by atoms with E-state index in [1.54, 1.807) is 13.4 Å². The van der Waals surface area contributed by atoms with E-state index in [9.17, 15) is 9.90 Å². The molecule has 2 atom stereocenters. The van der Waals surface area contributed by atoms with Crippen LogP contribution < -0.4 is 10.1 Å². The molecule has 6 heteroatoms. The van der Waals surface area contributed by atoms with Crippen molar-refractivity contribution in [2.45, 2.75) is 44.8 Å². The Kier molecular flexibility index (Phi) is 5.77. The fourth-order valence-electron chi connectivity index (χ4n) is 4.58. The Morgan fingerprint density at radius 2 is 2.09 bits per heavy atom. The van der Waals surface area contributed by atoms with E-state index in [2.05, 4.69) is 10.3 Å². The maximum atomic E-state index is 13.3. The molecule has 0 saturated heterocycles. The fourth-order valence-corrected chi connectivity index (χ4v) is 4.58. The third-order valence-electron chi connectivity index (χ3n) is 6.52. The summed E-state index contributed by atoms with van der Waals surface area (Å²) in [4.78, 5) is 17.6. The Hall–Kier alpha value is -3.38. The van der Waals surface area contributed by atoms with Crippen molar-refractivity contribution in [3.63, 3.8) is 0 Å². The number of hydrogen-bond acceptors (Lipinski definition) is 4. The van der Waals surface area contributed by atoms with Crippen LogP contribution in [0.2, 0.25) is 0 Å². The molecular formula is C27H29N3O3. The number of benzene rings is 2. The lowest BCUT2D eigenvalue weighted by Gasteiger charge is -2.19. The zero-order chi connectivity index (χ0) is 22.9. The van der Waals surface area contributed by atoms with Gasteiger partial charge in [0.05, 0.1) is 37.0 Å². The number of aryl methyl sites for hydroxylation is 1. The smallest absolute Gasteiger partial charge is 0.247 e. The maximum absolute atomic E-state index is 13.3. The molecule has 1 saturated carbocycles. The molecule has 0 unspecified atom stereocenters. The molecule has 2 aromatic carbocycles. The molecule has 3 aromatic rings. The van der Waals surface area contributed by atoms with Gasteiger partial charge in [-0.15, -0.1) is 0 Å². The summed E-state index contributed by atoms with van der Waals surface area (Å²) in [5.74, 6) is 1.15. The monoisotopic (exact) mass is 443 g/mol. The lowest BCUT2D eigenvalue weighted by Crippen LogP contribution is -2.34. The Balaban J connectivity index is 1.42. The molecule has 1 heterocycles. The zero-order valence-corrected chi connectivity index (χ0v) is 19.0. The van der Waals surface area contributed by atoms with Crippen LogP contribution in [0, 0.1) is 12.8 Å². The number of imidazole rings is 1. The second kappa shape index (κ2) is 8.87. The molecule has 0 radical (unpaired) electrons. The number of rotatable bonds is 7. The molecule has 0 aliphatic heterocycles. The molecule has 1 fully saturated rings. The van der Waals surface area contributed by atoms with E-state index in [0.717, 1.165) is 52.9 Å². The second-order valence-electron chi connectivity index (χ2n) is 9.09. The number of nitrogens with zero attached hydrogens (tertiary/aromatic N) is 2. The molecule has 2 aliphatic rings. The van der Waals surface area contributed by atoms with Crippen LogP contribution in [0.15, 0.2) is 60.6 Å². The first kappa shape index (κ1) is 21.5. The number of carbonyl (C=O) groups excluding carboxylic acids is 1. The third kappa shape index (κ3) is 4.57. The number of aliphatic hydroxyl groups is 1. The average Bonchev–Trinajstić information content (AvgIpc) is 3.45. The minimum atomic E-state index is -0.605. The number of ether oxygens (including phenoxy) is 1. The Morgan fingerprint density at radius 1 is 1.27 bits per heavy atom. The van der Waals surface area contributed by atoms with Gasteiger partial charge in [0, 0.05) is 18.2 Å². The van der Waals surface area contributed by atoms with E-state index in [4.69, 9.17) is 4.74 Å². The van der Waals surface area contributed by atoms with Crippen molar-refractivity contribution in [2.75, 3.05) is 7.11 Å². The van der Waals surface area contributed by atoms with Crippen LogP contribution in [0.1, 0.15) is 47.7 Å². The molecule has 170 valence electrons. The highest BCUT2D eigenvalue weighted by molar-refractivity contribution is 5.98. The van der Waals surface area contributed by atoms with E-state index in [-0.39, 0.29) is 11.9 Å². The molecule has 6 nitrogen and oxygen atoms in total. The van der Waals surface area contributed by atoms with Crippen molar-refractivity contribution in [2.24, 2.45) is 5.92 Å². The summed E-state index contributed by atoms with van der Waals surface area (Å²) in [6.45, 7) is 1.95. The molecule has 0 bridgehead atoms. The zero-order valence-electron chi connectivity index (χ0n) is 19.0. The Labute approximate surface area is 193 Å². The first-order chi connectivity index (χ1) is 16.0. The fraction of sp³-hybridized carbons (Fsp3) is 0.333. The van der Waals surface area contributed by atoms with Gasteiger partial charge in [-0.05, 0) is 67.0 Å². The largest absolute Gasteiger partial charge is 0.495 e. The number of carbonyl (C=O) groups is 1. The van der Waals surface area contributed by atoms with Gasteiger partial charge in [0.1, 0.15) is 5.75 Å². The molecular weight excluding hydrogens is 414 g/mol. The molecule has 33 heavy (non-hydrogen) atoms. The van der Waals surface area contributed by atoms with Gasteiger partial charge in [0.2, 0.25) is 5.91 Å². The number of aromatic nitrogens is 2. The number of hydrogen-bond donors (Lipinski definition) is 2. The molecule has 5 rings (SSSR count). The van der Waals surface area contributed by atoms with Crippen LogP contribution in [0.3, 0.4) is 0 Å². The van der Waals surface area contributed by atoms with E-state index < -0.39 is 6.10 Å². The van der Waals surface area contributed by atoms with Gasteiger partial charge in [-0.3, -0.25) is 4.79 Å². The van der Waals surface area contributed by atoms with E-state index in [1.807, 2.05) is 66.2 Å². The number of methoxy groups -OCH3 is 1. The van der Waals surface area contributed by atoms with Crippen LogP contribution in [-0.4, -0.2) is 33.8 Å². The normalized spacial score (nSPS) is 19.9. The standard InChI is InChI=1S/C27H29N3O3/c1-17-15-30(16-28-17)23-10-9-19(13-25(23)33-2)12-21(11-18-7-8-18)27(32)29-26-22-6-4-3-5-20(22)14-24(26)31/h3-6,9-10,12-13,15-16,18,24,26,31H,7-8,11,14H2,1-2H3,(H,29,32)/t24-,26+/m0/s1. The molecule has 2 N–H and O–H groups in total. The van der Waals surface area contributed by atoms with E-state index >= 15 is 0 Å². The van der Waals surface area contributed by atoms with Gasteiger partial charge in [0.15, 0.2) is 0 Å². The van der Waals surface area contributed by atoms with Gasteiger partial charge < -0.3 is 19.7 Å². The van der Waals surface area contributed by atoms with E-state index in [0.29, 0.717) is 18.1 Å². The summed E-state index contributed by atoms with van der Waals surface area (Å²) < 4.78 is 7.56. The summed E-state index contributed by atoms with van der Waals surface area (Å²) in [7, 11) is 1.65. The van der Waals surface area contributed by atoms with Crippen molar-refractivity contribution < 1.29 is 14.6 Å². The van der Waals surface area contributed by atoms with Crippen LogP contribution in [0.5, 0.6) is 5.75 Å². The predicted molar refractivity (Wildman–Crippen MR) is 127 cm³/mol. The van der Waals surface area contributed by atoms with Gasteiger partial charge in [-0.25, -0.2) is 4.98 Å². The van der Waals surface area contributed by atoms with Crippen molar-refractivity contribution in [1.82, 2.24) is 14.9 Å². The Morgan fingerprint density at radius 3 is 2.82 bits per heavy atom. The summed E-state index contributed by atoms with van der Waals surface area (Å²) in [5.41, 5.74) is 5.58. The maximum Gasteiger partial charge on any atom is 0.247 e. The van der Waals surface area contributed by atoms with Crippen LogP contribution in [-0.2, 0) is 11.2 Å². The van der Waals surface area contributed by atoms with Crippen LogP contribution in [0.4, 0.5) is 0 Å². The number of aliphatic hydroxyl groups excluding tert-OH is 1. The highest BCUT2D eigenvalue weighted by Crippen LogP contribution is 2.37. The molecule has 0 spiro atoms. The summed E-state index contributed by atoms with van der Waals surface area (Å²) in [5, 5.41) is 13.7.